The highest BCUT2D eigenvalue weighted by atomic mass is 35.5. The molecule has 0 radical (unpaired) electrons. The van der Waals surface area contributed by atoms with Crippen LogP contribution >= 0.6 is 11.6 Å². The van der Waals surface area contributed by atoms with E-state index in [4.69, 9.17) is 16.3 Å². The number of carbonyl (C=O) groups excluding carboxylic acids is 1. The number of amides is 1. The third kappa shape index (κ3) is 4.09. The zero-order valence-electron chi connectivity index (χ0n) is 17.9. The SMILES string of the molecule is CN(CCN1CCOCC1)C(=O)c1cc2c(ccc3nncn32)n1Cc1cccc(Cl)c1. The monoisotopic (exact) mass is 452 g/mol. The molecule has 166 valence electrons. The third-order valence-corrected chi connectivity index (χ3v) is 6.23. The topological polar surface area (TPSA) is 67.9 Å². The summed E-state index contributed by atoms with van der Waals surface area (Å²) in [6.07, 6.45) is 1.68. The highest BCUT2D eigenvalue weighted by molar-refractivity contribution is 6.30. The number of morpholine rings is 1. The van der Waals surface area contributed by atoms with Gasteiger partial charge in [0, 0.05) is 44.8 Å². The van der Waals surface area contributed by atoms with Gasteiger partial charge in [-0.1, -0.05) is 23.7 Å². The molecule has 5 rings (SSSR count). The maximum atomic E-state index is 13.5. The maximum absolute atomic E-state index is 13.5. The number of carbonyl (C=O) groups is 1. The van der Waals surface area contributed by atoms with E-state index < -0.39 is 0 Å². The standard InChI is InChI=1S/C23H25ClN6O2/c1-27(7-8-28-9-11-32-12-10-28)23(31)21-14-20-19(5-6-22-26-25-16-30(20)22)29(21)15-17-3-2-4-18(24)13-17/h2-6,13-14,16H,7-12,15H2,1H3. The summed E-state index contributed by atoms with van der Waals surface area (Å²) in [5.74, 6) is -0.0160. The average Bonchev–Trinajstić information content (AvgIpc) is 3.42. The van der Waals surface area contributed by atoms with E-state index in [2.05, 4.69) is 15.1 Å². The number of ether oxygens (including phenoxy) is 1. The second-order valence-corrected chi connectivity index (χ2v) is 8.53. The largest absolute Gasteiger partial charge is 0.379 e. The zero-order chi connectivity index (χ0) is 22.1. The van der Waals surface area contributed by atoms with Crippen LogP contribution in [0.2, 0.25) is 5.02 Å². The molecule has 1 aliphatic heterocycles. The molecular formula is C23H25ClN6O2. The van der Waals surface area contributed by atoms with Crippen molar-refractivity contribution in [1.82, 2.24) is 29.0 Å². The molecule has 0 bridgehead atoms. The first-order valence-electron chi connectivity index (χ1n) is 10.7. The zero-order valence-corrected chi connectivity index (χ0v) is 18.7. The van der Waals surface area contributed by atoms with Crippen LogP contribution in [-0.2, 0) is 11.3 Å². The third-order valence-electron chi connectivity index (χ3n) is 5.99. The van der Waals surface area contributed by atoms with Crippen molar-refractivity contribution in [2.24, 2.45) is 0 Å². The first-order valence-corrected chi connectivity index (χ1v) is 11.1. The van der Waals surface area contributed by atoms with E-state index >= 15 is 0 Å². The maximum Gasteiger partial charge on any atom is 0.270 e. The van der Waals surface area contributed by atoms with Gasteiger partial charge >= 0.3 is 0 Å². The predicted molar refractivity (Wildman–Crippen MR) is 123 cm³/mol. The van der Waals surface area contributed by atoms with Gasteiger partial charge in [0.25, 0.3) is 5.91 Å². The van der Waals surface area contributed by atoms with Crippen molar-refractivity contribution >= 4 is 34.2 Å². The number of hydrogen-bond donors (Lipinski definition) is 0. The molecule has 9 heteroatoms. The van der Waals surface area contributed by atoms with Gasteiger partial charge in [-0.3, -0.25) is 14.1 Å². The molecule has 1 fully saturated rings. The molecule has 0 N–H and O–H groups in total. The lowest BCUT2D eigenvalue weighted by atomic mass is 10.2. The molecule has 0 aliphatic carbocycles. The first kappa shape index (κ1) is 20.9. The van der Waals surface area contributed by atoms with Gasteiger partial charge in [-0.15, -0.1) is 10.2 Å². The van der Waals surface area contributed by atoms with Gasteiger partial charge in [0.15, 0.2) is 5.65 Å². The molecule has 4 aromatic rings. The molecule has 0 unspecified atom stereocenters. The first-order chi connectivity index (χ1) is 15.6. The highest BCUT2D eigenvalue weighted by Gasteiger charge is 2.22. The summed E-state index contributed by atoms with van der Waals surface area (Å²) in [6.45, 7) is 5.33. The summed E-state index contributed by atoms with van der Waals surface area (Å²) in [4.78, 5) is 17.7. The van der Waals surface area contributed by atoms with Crippen LogP contribution in [0.4, 0.5) is 0 Å². The van der Waals surface area contributed by atoms with E-state index in [1.807, 2.05) is 58.5 Å². The van der Waals surface area contributed by atoms with E-state index in [0.717, 1.165) is 55.1 Å². The summed E-state index contributed by atoms with van der Waals surface area (Å²) in [5, 5.41) is 8.84. The van der Waals surface area contributed by atoms with E-state index in [1.54, 1.807) is 11.2 Å². The molecule has 4 heterocycles. The van der Waals surface area contributed by atoms with Crippen molar-refractivity contribution in [2.75, 3.05) is 46.4 Å². The van der Waals surface area contributed by atoms with Crippen molar-refractivity contribution in [3.63, 3.8) is 0 Å². The van der Waals surface area contributed by atoms with Crippen LogP contribution < -0.4 is 0 Å². The molecule has 3 aromatic heterocycles. The van der Waals surface area contributed by atoms with Crippen LogP contribution in [0.5, 0.6) is 0 Å². The summed E-state index contributed by atoms with van der Waals surface area (Å²) in [7, 11) is 1.86. The minimum absolute atomic E-state index is 0.0160. The van der Waals surface area contributed by atoms with Crippen LogP contribution in [0.1, 0.15) is 16.1 Å². The molecular weight excluding hydrogens is 428 g/mol. The molecule has 1 aliphatic rings. The number of likely N-dealkylation sites (N-methyl/N-ethyl adjacent to an activating group) is 1. The lowest BCUT2D eigenvalue weighted by Crippen LogP contribution is -2.42. The number of fused-ring (bicyclic) bond motifs is 3. The fraction of sp³-hybridized carbons (Fsp3) is 0.348. The second-order valence-electron chi connectivity index (χ2n) is 8.09. The van der Waals surface area contributed by atoms with E-state index in [-0.39, 0.29) is 5.91 Å². The van der Waals surface area contributed by atoms with Crippen molar-refractivity contribution < 1.29 is 9.53 Å². The highest BCUT2D eigenvalue weighted by Crippen LogP contribution is 2.24. The van der Waals surface area contributed by atoms with Gasteiger partial charge in [-0.25, -0.2) is 0 Å². The van der Waals surface area contributed by atoms with Crippen molar-refractivity contribution in [3.05, 3.63) is 65.1 Å². The Bertz CT molecular complexity index is 1260. The van der Waals surface area contributed by atoms with Crippen LogP contribution in [0.3, 0.4) is 0 Å². The number of pyridine rings is 1. The summed E-state index contributed by atoms with van der Waals surface area (Å²) in [6, 6.07) is 13.6. The molecule has 32 heavy (non-hydrogen) atoms. The van der Waals surface area contributed by atoms with Crippen molar-refractivity contribution in [1.29, 1.82) is 0 Å². The number of nitrogens with zero attached hydrogens (tertiary/aromatic N) is 6. The number of rotatable bonds is 6. The average molecular weight is 453 g/mol. The van der Waals surface area contributed by atoms with E-state index in [9.17, 15) is 4.79 Å². The Kier molecular flexibility index (Phi) is 5.82. The van der Waals surface area contributed by atoms with Gasteiger partial charge in [-0.05, 0) is 35.9 Å². The lowest BCUT2D eigenvalue weighted by Gasteiger charge is -2.28. The molecule has 8 nitrogen and oxygen atoms in total. The number of aromatic nitrogens is 4. The Morgan fingerprint density at radius 2 is 2.00 bits per heavy atom. The summed E-state index contributed by atoms with van der Waals surface area (Å²) >= 11 is 6.22. The number of halogens is 1. The molecule has 1 aromatic carbocycles. The Balaban J connectivity index is 1.49. The summed E-state index contributed by atoms with van der Waals surface area (Å²) in [5.41, 5.74) is 4.26. The van der Waals surface area contributed by atoms with Crippen LogP contribution in [-0.4, -0.2) is 81.3 Å². The van der Waals surface area contributed by atoms with Gasteiger partial charge in [0.1, 0.15) is 12.0 Å². The molecule has 0 saturated carbocycles. The van der Waals surface area contributed by atoms with Crippen LogP contribution in [0.15, 0.2) is 48.8 Å². The smallest absolute Gasteiger partial charge is 0.270 e. The van der Waals surface area contributed by atoms with E-state index in [1.165, 1.54) is 0 Å². The normalized spacial score (nSPS) is 14.9. The summed E-state index contributed by atoms with van der Waals surface area (Å²) < 4.78 is 9.38. The Hall–Kier alpha value is -2.94. The molecule has 1 amide bonds. The number of hydrogen-bond acceptors (Lipinski definition) is 5. The van der Waals surface area contributed by atoms with Crippen LogP contribution in [0.25, 0.3) is 16.7 Å². The van der Waals surface area contributed by atoms with Gasteiger partial charge in [0.2, 0.25) is 0 Å². The van der Waals surface area contributed by atoms with Gasteiger partial charge in [-0.2, -0.15) is 0 Å². The molecule has 1 saturated heterocycles. The Morgan fingerprint density at radius 3 is 2.81 bits per heavy atom. The quantitative estimate of drug-likeness (QED) is 0.450. The Labute approximate surface area is 190 Å². The number of benzene rings is 1. The second kappa shape index (κ2) is 8.90. The Morgan fingerprint density at radius 1 is 1.16 bits per heavy atom. The fourth-order valence-electron chi connectivity index (χ4n) is 4.19. The van der Waals surface area contributed by atoms with E-state index in [0.29, 0.717) is 23.8 Å². The minimum Gasteiger partial charge on any atom is -0.379 e. The van der Waals surface area contributed by atoms with Gasteiger partial charge < -0.3 is 14.2 Å². The van der Waals surface area contributed by atoms with Crippen LogP contribution in [0, 0.1) is 0 Å². The molecule has 0 atom stereocenters. The molecule has 0 spiro atoms. The van der Waals surface area contributed by atoms with Gasteiger partial charge in [0.05, 0.1) is 24.2 Å². The van der Waals surface area contributed by atoms with Crippen molar-refractivity contribution in [3.8, 4) is 0 Å². The van der Waals surface area contributed by atoms with Crippen molar-refractivity contribution in [2.45, 2.75) is 6.54 Å². The predicted octanol–water partition coefficient (Wildman–Crippen LogP) is 2.79. The minimum atomic E-state index is -0.0160. The lowest BCUT2D eigenvalue weighted by molar-refractivity contribution is 0.0337. The fourth-order valence-corrected chi connectivity index (χ4v) is 4.41.